The van der Waals surface area contributed by atoms with Gasteiger partial charge in [-0.2, -0.15) is 5.26 Å². The van der Waals surface area contributed by atoms with Crippen molar-refractivity contribution in [1.82, 2.24) is 4.98 Å². The molecule has 1 unspecified atom stereocenters. The summed E-state index contributed by atoms with van der Waals surface area (Å²) in [5.41, 5.74) is 2.54. The number of carboxylic acids is 1. The van der Waals surface area contributed by atoms with Crippen LogP contribution in [-0.4, -0.2) is 22.1 Å². The fraction of sp³-hybridized carbons (Fsp3) is 0.500. The zero-order chi connectivity index (χ0) is 13.8. The molecule has 0 aromatic carbocycles. The third kappa shape index (κ3) is 2.84. The van der Waals surface area contributed by atoms with Gasteiger partial charge < -0.3 is 10.4 Å². The molecule has 100 valence electrons. The van der Waals surface area contributed by atoms with E-state index in [0.29, 0.717) is 17.8 Å². The summed E-state index contributed by atoms with van der Waals surface area (Å²) >= 11 is 0. The van der Waals surface area contributed by atoms with E-state index in [4.69, 9.17) is 10.4 Å². The number of hydrogen-bond donors (Lipinski definition) is 2. The van der Waals surface area contributed by atoms with Gasteiger partial charge in [-0.25, -0.2) is 9.78 Å². The minimum Gasteiger partial charge on any atom is -0.480 e. The number of nitrogens with one attached hydrogen (secondary N) is 1. The fourth-order valence-corrected chi connectivity index (χ4v) is 2.38. The van der Waals surface area contributed by atoms with Gasteiger partial charge in [-0.3, -0.25) is 0 Å². The van der Waals surface area contributed by atoms with Crippen LogP contribution < -0.4 is 5.32 Å². The molecule has 0 amide bonds. The first-order valence-electron chi connectivity index (χ1n) is 6.58. The van der Waals surface area contributed by atoms with Gasteiger partial charge in [0.05, 0.1) is 5.56 Å². The molecule has 0 aliphatic heterocycles. The highest BCUT2D eigenvalue weighted by Crippen LogP contribution is 2.25. The lowest BCUT2D eigenvalue weighted by molar-refractivity contribution is -0.138. The summed E-state index contributed by atoms with van der Waals surface area (Å²) in [6.45, 7) is 1.93. The van der Waals surface area contributed by atoms with Crippen molar-refractivity contribution >= 4 is 11.8 Å². The van der Waals surface area contributed by atoms with Crippen molar-refractivity contribution in [3.05, 3.63) is 22.9 Å². The van der Waals surface area contributed by atoms with E-state index in [1.54, 1.807) is 0 Å². The molecule has 1 atom stereocenters. The zero-order valence-corrected chi connectivity index (χ0v) is 10.9. The van der Waals surface area contributed by atoms with E-state index in [-0.39, 0.29) is 0 Å². The molecule has 2 rings (SSSR count). The van der Waals surface area contributed by atoms with Gasteiger partial charge in [-0.15, -0.1) is 0 Å². The van der Waals surface area contributed by atoms with Crippen molar-refractivity contribution in [1.29, 1.82) is 5.26 Å². The number of fused-ring (bicyclic) bond motifs is 1. The molecule has 1 aliphatic carbocycles. The van der Waals surface area contributed by atoms with Crippen LogP contribution in [0.1, 0.15) is 43.0 Å². The van der Waals surface area contributed by atoms with Crippen molar-refractivity contribution in [2.75, 3.05) is 5.32 Å². The molecule has 0 bridgehead atoms. The second kappa shape index (κ2) is 5.70. The maximum atomic E-state index is 11.2. The van der Waals surface area contributed by atoms with Crippen LogP contribution in [0.5, 0.6) is 0 Å². The molecule has 0 radical (unpaired) electrons. The first kappa shape index (κ1) is 13.3. The smallest absolute Gasteiger partial charge is 0.326 e. The molecule has 0 saturated carbocycles. The van der Waals surface area contributed by atoms with Gasteiger partial charge in [0.15, 0.2) is 0 Å². The predicted molar refractivity (Wildman–Crippen MR) is 70.9 cm³/mol. The van der Waals surface area contributed by atoms with Crippen molar-refractivity contribution < 1.29 is 9.90 Å². The standard InChI is InChI=1S/C14H17N3O2/c1-2-4-12(14(18)19)17-13-10(8-15)7-9-5-3-6-11(9)16-13/h7,12H,2-6H2,1H3,(H,16,17)(H,18,19). The summed E-state index contributed by atoms with van der Waals surface area (Å²) in [7, 11) is 0. The topological polar surface area (TPSA) is 86.0 Å². The highest BCUT2D eigenvalue weighted by Gasteiger charge is 2.21. The third-order valence-corrected chi connectivity index (χ3v) is 3.36. The summed E-state index contributed by atoms with van der Waals surface area (Å²) in [4.78, 5) is 15.6. The predicted octanol–water partition coefficient (Wildman–Crippen LogP) is 2.11. The number of pyridine rings is 1. The molecule has 2 N–H and O–H groups in total. The Hall–Kier alpha value is -2.09. The Morgan fingerprint density at radius 1 is 1.63 bits per heavy atom. The number of carboxylic acid groups (broad SMARTS) is 1. The van der Waals surface area contributed by atoms with Crippen LogP contribution in [0, 0.1) is 11.3 Å². The monoisotopic (exact) mass is 259 g/mol. The number of anilines is 1. The second-order valence-corrected chi connectivity index (χ2v) is 4.78. The third-order valence-electron chi connectivity index (χ3n) is 3.36. The first-order valence-corrected chi connectivity index (χ1v) is 6.58. The number of aryl methyl sites for hydroxylation is 2. The molecule has 5 nitrogen and oxygen atoms in total. The number of nitrogens with zero attached hydrogens (tertiary/aromatic N) is 2. The van der Waals surface area contributed by atoms with Crippen LogP contribution in [-0.2, 0) is 17.6 Å². The Balaban J connectivity index is 2.28. The molecule has 0 spiro atoms. The van der Waals surface area contributed by atoms with E-state index in [1.165, 1.54) is 0 Å². The van der Waals surface area contributed by atoms with Crippen LogP contribution in [0.25, 0.3) is 0 Å². The Bertz CT molecular complexity index is 534. The number of carbonyl (C=O) groups is 1. The van der Waals surface area contributed by atoms with E-state index in [0.717, 1.165) is 36.9 Å². The van der Waals surface area contributed by atoms with E-state index in [9.17, 15) is 4.79 Å². The summed E-state index contributed by atoms with van der Waals surface area (Å²) in [6, 6.07) is 3.24. The lowest BCUT2D eigenvalue weighted by atomic mass is 10.1. The van der Waals surface area contributed by atoms with E-state index in [2.05, 4.69) is 16.4 Å². The molecular weight excluding hydrogens is 242 g/mol. The molecule has 1 aromatic heterocycles. The van der Waals surface area contributed by atoms with Crippen LogP contribution in [0.15, 0.2) is 6.07 Å². The number of rotatable bonds is 5. The molecule has 0 saturated heterocycles. The zero-order valence-electron chi connectivity index (χ0n) is 10.9. The Labute approximate surface area is 112 Å². The number of aliphatic carboxylic acids is 1. The van der Waals surface area contributed by atoms with Gasteiger partial charge in [0.25, 0.3) is 0 Å². The fourth-order valence-electron chi connectivity index (χ4n) is 2.38. The highest BCUT2D eigenvalue weighted by atomic mass is 16.4. The van der Waals surface area contributed by atoms with Gasteiger partial charge in [0, 0.05) is 5.69 Å². The molecule has 1 heterocycles. The highest BCUT2D eigenvalue weighted by molar-refractivity contribution is 5.77. The summed E-state index contributed by atoms with van der Waals surface area (Å²) in [5.74, 6) is -0.503. The van der Waals surface area contributed by atoms with E-state index >= 15 is 0 Å². The van der Waals surface area contributed by atoms with Gasteiger partial charge in [-0.1, -0.05) is 13.3 Å². The van der Waals surface area contributed by atoms with Gasteiger partial charge in [0.2, 0.25) is 0 Å². The number of aromatic nitrogens is 1. The molecule has 5 heteroatoms. The van der Waals surface area contributed by atoms with E-state index in [1.807, 2.05) is 13.0 Å². The summed E-state index contributed by atoms with van der Waals surface area (Å²) in [5, 5.41) is 21.2. The molecule has 0 fully saturated rings. The SMILES string of the molecule is CCCC(Nc1nc2c(cc1C#N)CCC2)C(=O)O. The number of nitriles is 1. The van der Waals surface area contributed by atoms with Crippen molar-refractivity contribution in [3.8, 4) is 6.07 Å². The quantitative estimate of drug-likeness (QED) is 0.845. The molecule has 1 aliphatic rings. The van der Waals surface area contributed by atoms with Gasteiger partial charge in [-0.05, 0) is 37.3 Å². The summed E-state index contributed by atoms with van der Waals surface area (Å²) in [6.07, 6.45) is 4.18. The Morgan fingerprint density at radius 2 is 2.42 bits per heavy atom. The lowest BCUT2D eigenvalue weighted by Gasteiger charge is -2.16. The minimum absolute atomic E-state index is 0.406. The minimum atomic E-state index is -0.909. The maximum absolute atomic E-state index is 11.2. The largest absolute Gasteiger partial charge is 0.480 e. The van der Waals surface area contributed by atoms with Gasteiger partial charge in [0.1, 0.15) is 17.9 Å². The van der Waals surface area contributed by atoms with Crippen molar-refractivity contribution in [2.24, 2.45) is 0 Å². The molecule has 1 aromatic rings. The normalized spacial score (nSPS) is 14.5. The molecule has 19 heavy (non-hydrogen) atoms. The molecular formula is C14H17N3O2. The summed E-state index contributed by atoms with van der Waals surface area (Å²) < 4.78 is 0. The van der Waals surface area contributed by atoms with Crippen molar-refractivity contribution in [2.45, 2.75) is 45.1 Å². The Kier molecular flexibility index (Phi) is 4.00. The lowest BCUT2D eigenvalue weighted by Crippen LogP contribution is -2.30. The Morgan fingerprint density at radius 3 is 3.05 bits per heavy atom. The number of hydrogen-bond acceptors (Lipinski definition) is 4. The van der Waals surface area contributed by atoms with Crippen LogP contribution >= 0.6 is 0 Å². The maximum Gasteiger partial charge on any atom is 0.326 e. The first-order chi connectivity index (χ1) is 9.15. The average Bonchev–Trinajstić information content (AvgIpc) is 2.84. The second-order valence-electron chi connectivity index (χ2n) is 4.78. The van der Waals surface area contributed by atoms with Crippen LogP contribution in [0.2, 0.25) is 0 Å². The van der Waals surface area contributed by atoms with Crippen molar-refractivity contribution in [3.63, 3.8) is 0 Å². The van der Waals surface area contributed by atoms with Gasteiger partial charge >= 0.3 is 5.97 Å². The van der Waals surface area contributed by atoms with E-state index < -0.39 is 12.0 Å². The average molecular weight is 259 g/mol. The van der Waals surface area contributed by atoms with Crippen LogP contribution in [0.3, 0.4) is 0 Å². The van der Waals surface area contributed by atoms with Crippen LogP contribution in [0.4, 0.5) is 5.82 Å².